The second-order valence-electron chi connectivity index (χ2n) is 5.55. The number of benzene rings is 1. The summed E-state index contributed by atoms with van der Waals surface area (Å²) in [5, 5.41) is 6.58. The molecule has 0 unspecified atom stereocenters. The van der Waals surface area contributed by atoms with Crippen LogP contribution < -0.4 is 15.4 Å². The molecule has 1 aromatic carbocycles. The van der Waals surface area contributed by atoms with Crippen molar-refractivity contribution in [2.45, 2.75) is 13.0 Å². The number of rotatable bonds is 11. The minimum absolute atomic E-state index is 0. The van der Waals surface area contributed by atoms with Gasteiger partial charge in [-0.25, -0.2) is 4.99 Å². The third-order valence-electron chi connectivity index (χ3n) is 3.58. The first-order valence-electron chi connectivity index (χ1n) is 8.68. The number of guanidine groups is 1. The average molecular weight is 485 g/mol. The van der Waals surface area contributed by atoms with Gasteiger partial charge in [0, 0.05) is 32.2 Å². The van der Waals surface area contributed by atoms with Gasteiger partial charge in [0.25, 0.3) is 0 Å². The van der Waals surface area contributed by atoms with Gasteiger partial charge in [-0.3, -0.25) is 0 Å². The summed E-state index contributed by atoms with van der Waals surface area (Å²) in [7, 11) is 1.68. The monoisotopic (exact) mass is 485 g/mol. The van der Waals surface area contributed by atoms with Crippen LogP contribution in [0.4, 0.5) is 0 Å². The molecule has 0 aliphatic rings. The minimum atomic E-state index is 0. The summed E-state index contributed by atoms with van der Waals surface area (Å²) in [5.41, 5.74) is 1.02. The molecule has 1 heterocycles. The molecular formula is C20H28IN3O3. The molecule has 0 fully saturated rings. The number of methoxy groups -OCH3 is 1. The van der Waals surface area contributed by atoms with Crippen LogP contribution in [0, 0.1) is 0 Å². The smallest absolute Gasteiger partial charge is 0.191 e. The largest absolute Gasteiger partial charge is 0.489 e. The van der Waals surface area contributed by atoms with E-state index >= 15 is 0 Å². The number of hydrogen-bond donors (Lipinski definition) is 2. The van der Waals surface area contributed by atoms with Gasteiger partial charge in [0.1, 0.15) is 18.1 Å². The Morgan fingerprint density at radius 1 is 1.19 bits per heavy atom. The second kappa shape index (κ2) is 14.1. The van der Waals surface area contributed by atoms with Crippen molar-refractivity contribution >= 4 is 29.9 Å². The van der Waals surface area contributed by atoms with Crippen LogP contribution in [-0.2, 0) is 17.7 Å². The van der Waals surface area contributed by atoms with Gasteiger partial charge in [-0.05, 0) is 18.2 Å². The van der Waals surface area contributed by atoms with E-state index in [1.165, 1.54) is 0 Å². The van der Waals surface area contributed by atoms with Crippen LogP contribution in [0.2, 0.25) is 0 Å². The molecule has 0 radical (unpaired) electrons. The Bertz CT molecular complexity index is 675. The van der Waals surface area contributed by atoms with Gasteiger partial charge in [0.05, 0.1) is 19.4 Å². The Kier molecular flexibility index (Phi) is 12.0. The predicted octanol–water partition coefficient (Wildman–Crippen LogP) is 3.39. The standard InChI is InChI=1S/C20H27N3O3.HI/c1-3-13-26-19-9-5-4-7-17(19)16-23-20(22-12-15-24-2)21-11-10-18-8-6-14-25-18;/h3-9,14H,1,10-13,15-16H2,2H3,(H2,21,22,23);1H. The third kappa shape index (κ3) is 8.96. The second-order valence-corrected chi connectivity index (χ2v) is 5.55. The SMILES string of the molecule is C=CCOc1ccccc1CN=C(NCCOC)NCCc1ccco1.I. The highest BCUT2D eigenvalue weighted by Crippen LogP contribution is 2.18. The molecule has 1 aromatic heterocycles. The van der Waals surface area contributed by atoms with Crippen LogP contribution in [0.15, 0.2) is 64.7 Å². The lowest BCUT2D eigenvalue weighted by molar-refractivity contribution is 0.203. The molecule has 7 heteroatoms. The van der Waals surface area contributed by atoms with E-state index < -0.39 is 0 Å². The molecule has 27 heavy (non-hydrogen) atoms. The molecule has 2 aromatic rings. The summed E-state index contributed by atoms with van der Waals surface area (Å²) in [5.74, 6) is 2.49. The number of furan rings is 1. The molecular weight excluding hydrogens is 457 g/mol. The maximum Gasteiger partial charge on any atom is 0.191 e. The summed E-state index contributed by atoms with van der Waals surface area (Å²) in [6, 6.07) is 11.7. The molecule has 6 nitrogen and oxygen atoms in total. The van der Waals surface area contributed by atoms with Crippen molar-refractivity contribution in [1.29, 1.82) is 0 Å². The van der Waals surface area contributed by atoms with Gasteiger partial charge < -0.3 is 24.5 Å². The van der Waals surface area contributed by atoms with Crippen molar-refractivity contribution < 1.29 is 13.9 Å². The molecule has 0 aliphatic heterocycles. The van der Waals surface area contributed by atoms with Crippen molar-refractivity contribution in [2.75, 3.05) is 33.4 Å². The molecule has 0 saturated heterocycles. The Morgan fingerprint density at radius 2 is 2.00 bits per heavy atom. The van der Waals surface area contributed by atoms with Crippen LogP contribution in [-0.4, -0.2) is 39.4 Å². The van der Waals surface area contributed by atoms with E-state index in [0.717, 1.165) is 36.0 Å². The van der Waals surface area contributed by atoms with Crippen LogP contribution in [0.3, 0.4) is 0 Å². The summed E-state index contributed by atoms with van der Waals surface area (Å²) in [6.45, 7) is 6.68. The number of ether oxygens (including phenoxy) is 2. The number of nitrogens with one attached hydrogen (secondary N) is 2. The van der Waals surface area contributed by atoms with Gasteiger partial charge >= 0.3 is 0 Å². The zero-order chi connectivity index (χ0) is 18.5. The first-order valence-corrected chi connectivity index (χ1v) is 8.68. The van der Waals surface area contributed by atoms with E-state index in [0.29, 0.717) is 26.3 Å². The lowest BCUT2D eigenvalue weighted by Crippen LogP contribution is -2.40. The number of aliphatic imine (C=N–C) groups is 1. The molecule has 0 atom stereocenters. The van der Waals surface area contributed by atoms with E-state index in [9.17, 15) is 0 Å². The average Bonchev–Trinajstić information content (AvgIpc) is 3.18. The first kappa shape index (κ1) is 23.0. The number of para-hydroxylation sites is 1. The normalized spacial score (nSPS) is 10.8. The Labute approximate surface area is 178 Å². The van der Waals surface area contributed by atoms with E-state index in [-0.39, 0.29) is 24.0 Å². The van der Waals surface area contributed by atoms with Crippen molar-refractivity contribution in [3.8, 4) is 5.75 Å². The summed E-state index contributed by atoms with van der Waals surface area (Å²) < 4.78 is 16.1. The number of nitrogens with zero attached hydrogens (tertiary/aromatic N) is 1. The Hall–Kier alpha value is -2.00. The fourth-order valence-electron chi connectivity index (χ4n) is 2.29. The van der Waals surface area contributed by atoms with E-state index in [2.05, 4.69) is 22.2 Å². The number of halogens is 1. The Morgan fingerprint density at radius 3 is 2.74 bits per heavy atom. The van der Waals surface area contributed by atoms with Gasteiger partial charge in [-0.2, -0.15) is 0 Å². The lowest BCUT2D eigenvalue weighted by atomic mass is 10.2. The highest BCUT2D eigenvalue weighted by Gasteiger charge is 2.04. The van der Waals surface area contributed by atoms with Crippen LogP contribution in [0.5, 0.6) is 5.75 Å². The maximum absolute atomic E-state index is 5.69. The van der Waals surface area contributed by atoms with Crippen molar-refractivity contribution in [3.63, 3.8) is 0 Å². The minimum Gasteiger partial charge on any atom is -0.489 e. The molecule has 2 N–H and O–H groups in total. The molecule has 0 spiro atoms. The predicted molar refractivity (Wildman–Crippen MR) is 119 cm³/mol. The van der Waals surface area contributed by atoms with Crippen LogP contribution in [0.1, 0.15) is 11.3 Å². The number of hydrogen-bond acceptors (Lipinski definition) is 4. The van der Waals surface area contributed by atoms with Gasteiger partial charge in [0.15, 0.2) is 5.96 Å². The summed E-state index contributed by atoms with van der Waals surface area (Å²) >= 11 is 0. The molecule has 148 valence electrons. The van der Waals surface area contributed by atoms with Gasteiger partial charge in [-0.1, -0.05) is 30.9 Å². The molecule has 0 amide bonds. The quantitative estimate of drug-likeness (QED) is 0.168. The third-order valence-corrected chi connectivity index (χ3v) is 3.58. The fourth-order valence-corrected chi connectivity index (χ4v) is 2.29. The van der Waals surface area contributed by atoms with E-state index in [4.69, 9.17) is 13.9 Å². The fraction of sp³-hybridized carbons (Fsp3) is 0.350. The van der Waals surface area contributed by atoms with Crippen molar-refractivity contribution in [3.05, 3.63) is 66.6 Å². The first-order chi connectivity index (χ1) is 12.8. The lowest BCUT2D eigenvalue weighted by Gasteiger charge is -2.13. The summed E-state index contributed by atoms with van der Waals surface area (Å²) in [6.07, 6.45) is 4.20. The molecule has 0 bridgehead atoms. The van der Waals surface area contributed by atoms with E-state index in [1.807, 2.05) is 36.4 Å². The van der Waals surface area contributed by atoms with Gasteiger partial charge in [0.2, 0.25) is 0 Å². The highest BCUT2D eigenvalue weighted by atomic mass is 127. The van der Waals surface area contributed by atoms with Crippen molar-refractivity contribution in [1.82, 2.24) is 10.6 Å². The topological polar surface area (TPSA) is 68.0 Å². The van der Waals surface area contributed by atoms with Crippen LogP contribution in [0.25, 0.3) is 0 Å². The van der Waals surface area contributed by atoms with Gasteiger partial charge in [-0.15, -0.1) is 24.0 Å². The van der Waals surface area contributed by atoms with Crippen LogP contribution >= 0.6 is 24.0 Å². The Balaban J connectivity index is 0.00000364. The highest BCUT2D eigenvalue weighted by molar-refractivity contribution is 14.0. The molecule has 0 saturated carbocycles. The maximum atomic E-state index is 5.69. The molecule has 2 rings (SSSR count). The van der Waals surface area contributed by atoms with E-state index in [1.54, 1.807) is 19.4 Å². The zero-order valence-electron chi connectivity index (χ0n) is 15.6. The van der Waals surface area contributed by atoms with Crippen molar-refractivity contribution in [2.24, 2.45) is 4.99 Å². The zero-order valence-corrected chi connectivity index (χ0v) is 18.0. The molecule has 0 aliphatic carbocycles. The summed E-state index contributed by atoms with van der Waals surface area (Å²) in [4.78, 5) is 4.66.